The Hall–Kier alpha value is -2.93. The molecule has 4 rings (SSSR count). The number of fused-ring (bicyclic) bond motifs is 2. The van der Waals surface area contributed by atoms with Crippen molar-refractivity contribution in [2.75, 3.05) is 16.2 Å². The van der Waals surface area contributed by atoms with E-state index in [0.29, 0.717) is 24.2 Å². The molecule has 2 aromatic carbocycles. The number of carbonyl (C=O) groups excluding carboxylic acids is 1. The quantitative estimate of drug-likeness (QED) is 0.772. The third kappa shape index (κ3) is 2.80. The first kappa shape index (κ1) is 16.5. The van der Waals surface area contributed by atoms with Crippen LogP contribution in [0.2, 0.25) is 0 Å². The van der Waals surface area contributed by atoms with E-state index in [1.165, 1.54) is 13.0 Å². The standard InChI is InChI=1S/C19H17N3O3S/c1-13(23)22-11-9-15-12-16(7-8-18(15)22)26(24,25)21-17-6-2-4-14-5-3-10-20-19(14)17/h2-8,10,12,21H,9,11H2,1H3. The van der Waals surface area contributed by atoms with Gasteiger partial charge in [0.05, 0.1) is 16.1 Å². The van der Waals surface area contributed by atoms with Gasteiger partial charge in [0.15, 0.2) is 0 Å². The van der Waals surface area contributed by atoms with Crippen molar-refractivity contribution in [2.45, 2.75) is 18.2 Å². The number of aromatic nitrogens is 1. The summed E-state index contributed by atoms with van der Waals surface area (Å²) < 4.78 is 28.3. The van der Waals surface area contributed by atoms with Gasteiger partial charge in [0.1, 0.15) is 0 Å². The third-order valence-electron chi connectivity index (χ3n) is 4.51. The molecule has 132 valence electrons. The number of sulfonamides is 1. The first-order chi connectivity index (χ1) is 12.5. The minimum atomic E-state index is -3.76. The SMILES string of the molecule is CC(=O)N1CCc2cc(S(=O)(=O)Nc3cccc4cccnc34)ccc21. The Bertz CT molecular complexity index is 1120. The van der Waals surface area contributed by atoms with E-state index in [1.807, 2.05) is 18.2 Å². The van der Waals surface area contributed by atoms with E-state index in [-0.39, 0.29) is 10.8 Å². The van der Waals surface area contributed by atoms with E-state index in [9.17, 15) is 13.2 Å². The largest absolute Gasteiger partial charge is 0.312 e. The highest BCUT2D eigenvalue weighted by atomic mass is 32.2. The summed E-state index contributed by atoms with van der Waals surface area (Å²) in [7, 11) is -3.76. The van der Waals surface area contributed by atoms with E-state index in [0.717, 1.165) is 16.6 Å². The summed E-state index contributed by atoms with van der Waals surface area (Å²) in [5.74, 6) is -0.0423. The first-order valence-electron chi connectivity index (χ1n) is 8.23. The highest BCUT2D eigenvalue weighted by Crippen LogP contribution is 2.31. The van der Waals surface area contributed by atoms with Gasteiger partial charge < -0.3 is 4.90 Å². The van der Waals surface area contributed by atoms with E-state index in [1.54, 1.807) is 35.4 Å². The maximum Gasteiger partial charge on any atom is 0.261 e. The van der Waals surface area contributed by atoms with Gasteiger partial charge in [0, 0.05) is 30.7 Å². The molecule has 26 heavy (non-hydrogen) atoms. The van der Waals surface area contributed by atoms with Crippen LogP contribution < -0.4 is 9.62 Å². The minimum Gasteiger partial charge on any atom is -0.312 e. The Morgan fingerprint density at radius 1 is 1.15 bits per heavy atom. The lowest BCUT2D eigenvalue weighted by Crippen LogP contribution is -2.25. The normalized spacial score (nSPS) is 13.7. The third-order valence-corrected chi connectivity index (χ3v) is 5.88. The van der Waals surface area contributed by atoms with Gasteiger partial charge in [-0.2, -0.15) is 0 Å². The van der Waals surface area contributed by atoms with Crippen molar-refractivity contribution >= 4 is 38.2 Å². The number of anilines is 2. The Labute approximate surface area is 151 Å². The summed E-state index contributed by atoms with van der Waals surface area (Å²) in [6.45, 7) is 2.09. The second-order valence-corrected chi connectivity index (χ2v) is 7.88. The summed E-state index contributed by atoms with van der Waals surface area (Å²) in [4.78, 5) is 17.8. The molecule has 0 atom stereocenters. The molecular weight excluding hydrogens is 350 g/mol. The summed E-state index contributed by atoms with van der Waals surface area (Å²) in [5.41, 5.74) is 2.68. The summed E-state index contributed by atoms with van der Waals surface area (Å²) in [5, 5.41) is 0.860. The lowest BCUT2D eigenvalue weighted by atomic mass is 10.2. The molecule has 0 aliphatic carbocycles. The highest BCUT2D eigenvalue weighted by Gasteiger charge is 2.25. The number of nitrogens with one attached hydrogen (secondary N) is 1. The Morgan fingerprint density at radius 2 is 1.96 bits per heavy atom. The zero-order chi connectivity index (χ0) is 18.3. The number of pyridine rings is 1. The molecule has 0 fully saturated rings. The molecule has 0 unspecified atom stereocenters. The van der Waals surface area contributed by atoms with E-state index >= 15 is 0 Å². The van der Waals surface area contributed by atoms with Crippen LogP contribution in [0.3, 0.4) is 0 Å². The molecule has 0 radical (unpaired) electrons. The Balaban J connectivity index is 1.70. The molecule has 1 aromatic heterocycles. The zero-order valence-corrected chi connectivity index (χ0v) is 15.0. The van der Waals surface area contributed by atoms with Gasteiger partial charge in [0.25, 0.3) is 10.0 Å². The summed E-state index contributed by atoms with van der Waals surface area (Å²) in [6.07, 6.45) is 2.28. The topological polar surface area (TPSA) is 79.4 Å². The van der Waals surface area contributed by atoms with Crippen molar-refractivity contribution < 1.29 is 13.2 Å². The highest BCUT2D eigenvalue weighted by molar-refractivity contribution is 7.92. The molecule has 6 nitrogen and oxygen atoms in total. The van der Waals surface area contributed by atoms with Crippen molar-refractivity contribution in [2.24, 2.45) is 0 Å². The average Bonchev–Trinajstić information content (AvgIpc) is 3.05. The molecule has 1 amide bonds. The number of amides is 1. The average molecular weight is 367 g/mol. The van der Waals surface area contributed by atoms with Crippen LogP contribution in [0.25, 0.3) is 10.9 Å². The molecular formula is C19H17N3O3S. The smallest absolute Gasteiger partial charge is 0.261 e. The van der Waals surface area contributed by atoms with Gasteiger partial charge in [-0.1, -0.05) is 18.2 Å². The van der Waals surface area contributed by atoms with Crippen molar-refractivity contribution in [1.29, 1.82) is 0 Å². The fraction of sp³-hybridized carbons (Fsp3) is 0.158. The molecule has 3 aromatic rings. The molecule has 1 aliphatic rings. The van der Waals surface area contributed by atoms with Crippen molar-refractivity contribution in [3.05, 3.63) is 60.3 Å². The number of hydrogen-bond acceptors (Lipinski definition) is 4. The number of rotatable bonds is 3. The molecule has 0 bridgehead atoms. The molecule has 0 saturated heterocycles. The van der Waals surface area contributed by atoms with Crippen LogP contribution in [-0.4, -0.2) is 25.9 Å². The van der Waals surface area contributed by atoms with Crippen LogP contribution >= 0.6 is 0 Å². The monoisotopic (exact) mass is 367 g/mol. The number of nitrogens with zero attached hydrogens (tertiary/aromatic N) is 2. The molecule has 0 saturated carbocycles. The lowest BCUT2D eigenvalue weighted by Gasteiger charge is -2.15. The predicted molar refractivity (Wildman–Crippen MR) is 101 cm³/mol. The molecule has 2 heterocycles. The summed E-state index contributed by atoms with van der Waals surface area (Å²) in [6, 6.07) is 13.9. The van der Waals surface area contributed by atoms with Gasteiger partial charge >= 0.3 is 0 Å². The van der Waals surface area contributed by atoms with Crippen LogP contribution in [0, 0.1) is 0 Å². The number of benzene rings is 2. The maximum absolute atomic E-state index is 12.8. The van der Waals surface area contributed by atoms with Gasteiger partial charge in [-0.05, 0) is 42.3 Å². The fourth-order valence-electron chi connectivity index (χ4n) is 3.26. The van der Waals surface area contributed by atoms with E-state index in [4.69, 9.17) is 0 Å². The molecule has 1 aliphatic heterocycles. The molecule has 1 N–H and O–H groups in total. The zero-order valence-electron chi connectivity index (χ0n) is 14.1. The lowest BCUT2D eigenvalue weighted by molar-refractivity contribution is -0.116. The summed E-state index contributed by atoms with van der Waals surface area (Å²) >= 11 is 0. The number of para-hydroxylation sites is 1. The molecule has 0 spiro atoms. The van der Waals surface area contributed by atoms with Crippen LogP contribution in [0.4, 0.5) is 11.4 Å². The van der Waals surface area contributed by atoms with E-state index < -0.39 is 10.0 Å². The minimum absolute atomic E-state index is 0.0423. The van der Waals surface area contributed by atoms with Crippen molar-refractivity contribution in [1.82, 2.24) is 4.98 Å². The fourth-order valence-corrected chi connectivity index (χ4v) is 4.38. The maximum atomic E-state index is 12.8. The van der Waals surface area contributed by atoms with Crippen LogP contribution in [0.5, 0.6) is 0 Å². The number of carbonyl (C=O) groups is 1. The van der Waals surface area contributed by atoms with Gasteiger partial charge in [-0.25, -0.2) is 8.42 Å². The first-order valence-corrected chi connectivity index (χ1v) is 9.72. The van der Waals surface area contributed by atoms with Crippen molar-refractivity contribution in [3.63, 3.8) is 0 Å². The van der Waals surface area contributed by atoms with Crippen molar-refractivity contribution in [3.8, 4) is 0 Å². The molecule has 7 heteroatoms. The van der Waals surface area contributed by atoms with Crippen LogP contribution in [0.1, 0.15) is 12.5 Å². The predicted octanol–water partition coefficient (Wildman–Crippen LogP) is 2.94. The van der Waals surface area contributed by atoms with Crippen LogP contribution in [0.15, 0.2) is 59.6 Å². The van der Waals surface area contributed by atoms with Crippen LogP contribution in [-0.2, 0) is 21.2 Å². The van der Waals surface area contributed by atoms with Gasteiger partial charge in [0.2, 0.25) is 5.91 Å². The van der Waals surface area contributed by atoms with Gasteiger partial charge in [-0.3, -0.25) is 14.5 Å². The second-order valence-electron chi connectivity index (χ2n) is 6.20. The van der Waals surface area contributed by atoms with E-state index in [2.05, 4.69) is 9.71 Å². The van der Waals surface area contributed by atoms with Gasteiger partial charge in [-0.15, -0.1) is 0 Å². The number of hydrogen-bond donors (Lipinski definition) is 1. The Morgan fingerprint density at radius 3 is 2.77 bits per heavy atom. The Kier molecular flexibility index (Phi) is 3.88. The second kappa shape index (κ2) is 6.10.